The number of allylic oxidation sites excluding steroid dienone is 12. The molecule has 0 aliphatic rings. The van der Waals surface area contributed by atoms with Crippen LogP contribution >= 0.6 is 0 Å². The Labute approximate surface area is 453 Å². The van der Waals surface area contributed by atoms with Gasteiger partial charge in [-0.05, 0) is 89.9 Å². The molecule has 0 saturated heterocycles. The fourth-order valence-electron chi connectivity index (χ4n) is 9.00. The molecule has 0 aromatic rings. The predicted octanol–water partition coefficient (Wildman–Crippen LogP) is 21.3. The summed E-state index contributed by atoms with van der Waals surface area (Å²) in [4.78, 5) is 38.3. The Hall–Kier alpha value is -3.15. The van der Waals surface area contributed by atoms with Crippen molar-refractivity contribution in [3.63, 3.8) is 0 Å². The van der Waals surface area contributed by atoms with Crippen LogP contribution in [0.25, 0.3) is 0 Å². The summed E-state index contributed by atoms with van der Waals surface area (Å²) in [6.45, 7) is 6.53. The second-order valence-corrected chi connectivity index (χ2v) is 20.9. The van der Waals surface area contributed by atoms with Crippen LogP contribution in [0.3, 0.4) is 0 Å². The molecule has 0 heterocycles. The zero-order chi connectivity index (χ0) is 52.9. The lowest BCUT2D eigenvalue weighted by molar-refractivity contribution is -0.167. The fourth-order valence-corrected chi connectivity index (χ4v) is 9.00. The summed E-state index contributed by atoms with van der Waals surface area (Å²) < 4.78 is 16.9. The van der Waals surface area contributed by atoms with Gasteiger partial charge in [-0.2, -0.15) is 0 Å². The lowest BCUT2D eigenvalue weighted by Gasteiger charge is -2.18. The molecule has 0 radical (unpaired) electrons. The molecular formula is C67H118O6. The van der Waals surface area contributed by atoms with Crippen LogP contribution in [0.15, 0.2) is 72.9 Å². The third kappa shape index (κ3) is 59.6. The molecule has 0 aromatic heterocycles. The molecule has 0 spiro atoms. The summed E-state index contributed by atoms with van der Waals surface area (Å²) in [6, 6.07) is 0. The van der Waals surface area contributed by atoms with E-state index in [1.54, 1.807) is 0 Å². The molecule has 0 saturated carbocycles. The van der Waals surface area contributed by atoms with Crippen LogP contribution < -0.4 is 0 Å². The molecule has 0 aromatic carbocycles. The lowest BCUT2D eigenvalue weighted by Crippen LogP contribution is -2.30. The van der Waals surface area contributed by atoms with E-state index in [2.05, 4.69) is 93.7 Å². The number of rotatable bonds is 57. The first-order chi connectivity index (χ1) is 36.0. The third-order valence-corrected chi connectivity index (χ3v) is 13.7. The quantitative estimate of drug-likeness (QED) is 0.0261. The van der Waals surface area contributed by atoms with Crippen molar-refractivity contribution in [2.75, 3.05) is 13.2 Å². The van der Waals surface area contributed by atoms with Crippen molar-refractivity contribution < 1.29 is 28.6 Å². The normalized spacial score (nSPS) is 12.5. The molecule has 73 heavy (non-hydrogen) atoms. The first kappa shape index (κ1) is 69.8. The van der Waals surface area contributed by atoms with Gasteiger partial charge in [-0.15, -0.1) is 0 Å². The number of hydrogen-bond donors (Lipinski definition) is 0. The van der Waals surface area contributed by atoms with E-state index in [-0.39, 0.29) is 31.1 Å². The van der Waals surface area contributed by atoms with Crippen molar-refractivity contribution in [3.8, 4) is 0 Å². The van der Waals surface area contributed by atoms with Crippen molar-refractivity contribution >= 4 is 17.9 Å². The zero-order valence-electron chi connectivity index (χ0n) is 48.4. The number of ether oxygens (including phenoxy) is 3. The molecule has 0 N–H and O–H groups in total. The van der Waals surface area contributed by atoms with Crippen molar-refractivity contribution in [1.82, 2.24) is 0 Å². The summed E-state index contributed by atoms with van der Waals surface area (Å²) in [6.07, 6.45) is 79.0. The Kier molecular flexibility index (Phi) is 58.7. The molecular weight excluding hydrogens is 901 g/mol. The van der Waals surface area contributed by atoms with Crippen LogP contribution in [0.2, 0.25) is 0 Å². The molecule has 0 unspecified atom stereocenters. The third-order valence-electron chi connectivity index (χ3n) is 13.7. The Bertz CT molecular complexity index is 1360. The molecule has 422 valence electrons. The number of unbranched alkanes of at least 4 members (excludes halogenated alkanes) is 34. The van der Waals surface area contributed by atoms with Gasteiger partial charge in [0, 0.05) is 19.3 Å². The van der Waals surface area contributed by atoms with Crippen molar-refractivity contribution in [1.29, 1.82) is 0 Å². The second kappa shape index (κ2) is 61.4. The Morgan fingerprint density at radius 2 is 0.534 bits per heavy atom. The highest BCUT2D eigenvalue weighted by Crippen LogP contribution is 2.17. The van der Waals surface area contributed by atoms with E-state index in [9.17, 15) is 14.4 Å². The Morgan fingerprint density at radius 3 is 0.863 bits per heavy atom. The minimum Gasteiger partial charge on any atom is -0.462 e. The van der Waals surface area contributed by atoms with Gasteiger partial charge in [0.2, 0.25) is 0 Å². The highest BCUT2D eigenvalue weighted by Gasteiger charge is 2.19. The van der Waals surface area contributed by atoms with Gasteiger partial charge in [-0.25, -0.2) is 0 Å². The van der Waals surface area contributed by atoms with Crippen molar-refractivity contribution in [3.05, 3.63) is 72.9 Å². The van der Waals surface area contributed by atoms with Crippen LogP contribution in [-0.2, 0) is 28.6 Å². The monoisotopic (exact) mass is 1020 g/mol. The van der Waals surface area contributed by atoms with E-state index in [1.807, 2.05) is 0 Å². The van der Waals surface area contributed by atoms with Crippen LogP contribution in [0.5, 0.6) is 0 Å². The number of carbonyl (C=O) groups excluding carboxylic acids is 3. The average molecular weight is 1020 g/mol. The molecule has 0 aliphatic carbocycles. The van der Waals surface area contributed by atoms with E-state index >= 15 is 0 Å². The first-order valence-electron chi connectivity index (χ1n) is 31.4. The summed E-state index contributed by atoms with van der Waals surface area (Å²) >= 11 is 0. The molecule has 1 atom stereocenters. The van der Waals surface area contributed by atoms with E-state index < -0.39 is 6.10 Å². The predicted molar refractivity (Wildman–Crippen MR) is 316 cm³/mol. The summed E-state index contributed by atoms with van der Waals surface area (Å²) in [5, 5.41) is 0. The number of hydrogen-bond acceptors (Lipinski definition) is 6. The van der Waals surface area contributed by atoms with Gasteiger partial charge >= 0.3 is 17.9 Å². The molecule has 0 amide bonds. The van der Waals surface area contributed by atoms with E-state index in [1.165, 1.54) is 180 Å². The van der Waals surface area contributed by atoms with Gasteiger partial charge in [0.05, 0.1) is 0 Å². The van der Waals surface area contributed by atoms with Crippen LogP contribution in [0.1, 0.15) is 316 Å². The van der Waals surface area contributed by atoms with Gasteiger partial charge in [0.25, 0.3) is 0 Å². The number of esters is 3. The fraction of sp³-hybridized carbons (Fsp3) is 0.776. The number of carbonyl (C=O) groups is 3. The SMILES string of the molecule is CC/C=C\C/C=C\C/C=C\C/C=C\C/C=C\CCCCCC(=O)OC[C@H](COC(=O)CCCCCCCCCCCCCCCCC)OC(=O)CCCCCCCCCCCCC/C=C\CCCCCCCC. The summed E-state index contributed by atoms with van der Waals surface area (Å²) in [7, 11) is 0. The first-order valence-corrected chi connectivity index (χ1v) is 31.4. The Balaban J connectivity index is 4.40. The van der Waals surface area contributed by atoms with Gasteiger partial charge in [-0.1, -0.05) is 280 Å². The molecule has 6 heteroatoms. The largest absolute Gasteiger partial charge is 0.462 e. The van der Waals surface area contributed by atoms with Crippen molar-refractivity contribution in [2.24, 2.45) is 0 Å². The van der Waals surface area contributed by atoms with Gasteiger partial charge in [-0.3, -0.25) is 14.4 Å². The van der Waals surface area contributed by atoms with Crippen LogP contribution in [0, 0.1) is 0 Å². The summed E-state index contributed by atoms with van der Waals surface area (Å²) in [5.74, 6) is -0.902. The van der Waals surface area contributed by atoms with Gasteiger partial charge < -0.3 is 14.2 Å². The van der Waals surface area contributed by atoms with Crippen LogP contribution in [-0.4, -0.2) is 37.2 Å². The van der Waals surface area contributed by atoms with Gasteiger partial charge in [0.1, 0.15) is 13.2 Å². The van der Waals surface area contributed by atoms with E-state index in [0.717, 1.165) is 96.3 Å². The van der Waals surface area contributed by atoms with Gasteiger partial charge in [0.15, 0.2) is 6.10 Å². The van der Waals surface area contributed by atoms with E-state index in [4.69, 9.17) is 14.2 Å². The highest BCUT2D eigenvalue weighted by molar-refractivity contribution is 5.71. The maximum absolute atomic E-state index is 12.9. The molecule has 0 bridgehead atoms. The van der Waals surface area contributed by atoms with Crippen molar-refractivity contribution in [2.45, 2.75) is 322 Å². The minimum atomic E-state index is -0.789. The molecule has 6 nitrogen and oxygen atoms in total. The molecule has 0 fully saturated rings. The van der Waals surface area contributed by atoms with E-state index in [0.29, 0.717) is 19.3 Å². The zero-order valence-corrected chi connectivity index (χ0v) is 48.4. The standard InChI is InChI=1S/C67H118O6/c1-4-7-10-13-16-19-22-25-28-30-32-33-35-37-40-43-46-49-52-55-58-61-67(70)73-64(62-71-65(68)59-56-53-50-47-44-41-38-27-24-21-18-15-12-9-6-3)63-72-66(69)60-57-54-51-48-45-42-39-36-34-31-29-26-23-20-17-14-11-8-5-2/h8,11,17,20,25-26,28-29,34,36,42,45,64H,4-7,9-10,12-16,18-19,21-24,27,30-33,35,37-41,43-44,46-63H2,1-3H3/b11-8-,20-17-,28-25-,29-26-,36-34-,45-42-/t64-/m0/s1. The van der Waals surface area contributed by atoms with Crippen LogP contribution in [0.4, 0.5) is 0 Å². The molecule has 0 aliphatic heterocycles. The molecule has 0 rings (SSSR count). The topological polar surface area (TPSA) is 78.9 Å². The smallest absolute Gasteiger partial charge is 0.306 e. The maximum atomic E-state index is 12.9. The lowest BCUT2D eigenvalue weighted by atomic mass is 10.0. The maximum Gasteiger partial charge on any atom is 0.306 e. The minimum absolute atomic E-state index is 0.0831. The highest BCUT2D eigenvalue weighted by atomic mass is 16.6. The second-order valence-electron chi connectivity index (χ2n) is 20.9. The Morgan fingerprint density at radius 1 is 0.288 bits per heavy atom. The summed E-state index contributed by atoms with van der Waals surface area (Å²) in [5.41, 5.74) is 0. The average Bonchev–Trinajstić information content (AvgIpc) is 3.39.